The van der Waals surface area contributed by atoms with Crippen molar-refractivity contribution in [2.45, 2.75) is 26.7 Å². The molecule has 2 aromatic rings. The van der Waals surface area contributed by atoms with E-state index in [4.69, 9.17) is 11.6 Å². The fraction of sp³-hybridized carbons (Fsp3) is 0.250. The summed E-state index contributed by atoms with van der Waals surface area (Å²) in [6, 6.07) is 14.8. The van der Waals surface area contributed by atoms with E-state index in [1.807, 2.05) is 12.1 Å². The summed E-state index contributed by atoms with van der Waals surface area (Å²) < 4.78 is 0. The van der Waals surface area contributed by atoms with Crippen molar-refractivity contribution in [1.29, 1.82) is 0 Å². The van der Waals surface area contributed by atoms with E-state index in [0.29, 0.717) is 0 Å². The molecule has 2 aromatic carbocycles. The monoisotopic (exact) mass is 244 g/mol. The number of aryl methyl sites for hydroxylation is 4. The molecular weight excluding hydrogens is 228 g/mol. The standard InChI is InChI=1S/C16H17Cl/c1-12-3-4-13(2)15(11-12)8-5-14-6-9-16(17)10-7-14/h3-4,6-7,9-11H,5,8H2,1-2H3. The van der Waals surface area contributed by atoms with E-state index >= 15 is 0 Å². The average Bonchev–Trinajstić information content (AvgIpc) is 2.32. The minimum atomic E-state index is 0.806. The topological polar surface area (TPSA) is 0 Å². The van der Waals surface area contributed by atoms with E-state index in [2.05, 4.69) is 44.2 Å². The van der Waals surface area contributed by atoms with Crippen molar-refractivity contribution < 1.29 is 0 Å². The van der Waals surface area contributed by atoms with Gasteiger partial charge in [0.25, 0.3) is 0 Å². The van der Waals surface area contributed by atoms with Gasteiger partial charge in [0.05, 0.1) is 0 Å². The molecule has 0 atom stereocenters. The first-order valence-corrected chi connectivity index (χ1v) is 6.33. The van der Waals surface area contributed by atoms with Crippen LogP contribution < -0.4 is 0 Å². The molecule has 0 aliphatic heterocycles. The second-order valence-electron chi connectivity index (χ2n) is 4.56. The van der Waals surface area contributed by atoms with Gasteiger partial charge in [-0.2, -0.15) is 0 Å². The first kappa shape index (κ1) is 12.2. The van der Waals surface area contributed by atoms with Gasteiger partial charge in [-0.25, -0.2) is 0 Å². The Morgan fingerprint density at radius 1 is 0.882 bits per heavy atom. The molecule has 0 aliphatic carbocycles. The molecule has 0 nitrogen and oxygen atoms in total. The van der Waals surface area contributed by atoms with Crippen molar-refractivity contribution in [3.63, 3.8) is 0 Å². The van der Waals surface area contributed by atoms with Crippen molar-refractivity contribution in [3.05, 3.63) is 69.7 Å². The smallest absolute Gasteiger partial charge is 0.0406 e. The fourth-order valence-electron chi connectivity index (χ4n) is 2.00. The van der Waals surface area contributed by atoms with Gasteiger partial charge in [-0.15, -0.1) is 0 Å². The Morgan fingerprint density at radius 3 is 2.29 bits per heavy atom. The molecule has 0 saturated heterocycles. The third-order valence-electron chi connectivity index (χ3n) is 3.10. The third kappa shape index (κ3) is 3.34. The average molecular weight is 245 g/mol. The molecule has 0 heterocycles. The summed E-state index contributed by atoms with van der Waals surface area (Å²) in [6.07, 6.45) is 2.16. The maximum atomic E-state index is 5.87. The van der Waals surface area contributed by atoms with Crippen LogP contribution in [0.25, 0.3) is 0 Å². The Morgan fingerprint density at radius 2 is 1.59 bits per heavy atom. The summed E-state index contributed by atoms with van der Waals surface area (Å²) in [5.74, 6) is 0. The molecule has 17 heavy (non-hydrogen) atoms. The maximum absolute atomic E-state index is 5.87. The second kappa shape index (κ2) is 5.37. The van der Waals surface area contributed by atoms with Gasteiger partial charge in [-0.3, -0.25) is 0 Å². The summed E-state index contributed by atoms with van der Waals surface area (Å²) in [5, 5.41) is 0.806. The molecule has 0 aromatic heterocycles. The molecule has 0 N–H and O–H groups in total. The minimum absolute atomic E-state index is 0.806. The molecule has 0 unspecified atom stereocenters. The van der Waals surface area contributed by atoms with Gasteiger partial charge in [-0.05, 0) is 55.5 Å². The van der Waals surface area contributed by atoms with Crippen LogP contribution in [0.1, 0.15) is 22.3 Å². The molecule has 2 rings (SSSR count). The number of benzene rings is 2. The van der Waals surface area contributed by atoms with Crippen molar-refractivity contribution in [3.8, 4) is 0 Å². The first-order valence-electron chi connectivity index (χ1n) is 5.96. The molecule has 0 spiro atoms. The van der Waals surface area contributed by atoms with Gasteiger partial charge < -0.3 is 0 Å². The molecular formula is C16H17Cl. The van der Waals surface area contributed by atoms with Crippen LogP contribution in [0.15, 0.2) is 42.5 Å². The Hall–Kier alpha value is -1.27. The highest BCUT2D eigenvalue weighted by molar-refractivity contribution is 6.30. The van der Waals surface area contributed by atoms with Gasteiger partial charge in [0.1, 0.15) is 0 Å². The van der Waals surface area contributed by atoms with Crippen LogP contribution in [0.5, 0.6) is 0 Å². The molecule has 0 amide bonds. The Kier molecular flexibility index (Phi) is 3.86. The van der Waals surface area contributed by atoms with Crippen LogP contribution >= 0.6 is 11.6 Å². The molecule has 0 fully saturated rings. The van der Waals surface area contributed by atoms with Gasteiger partial charge >= 0.3 is 0 Å². The highest BCUT2D eigenvalue weighted by Gasteiger charge is 2.00. The van der Waals surface area contributed by atoms with E-state index in [9.17, 15) is 0 Å². The van der Waals surface area contributed by atoms with Gasteiger partial charge in [0.15, 0.2) is 0 Å². The lowest BCUT2D eigenvalue weighted by molar-refractivity contribution is 0.947. The lowest BCUT2D eigenvalue weighted by Gasteiger charge is -2.07. The predicted molar refractivity (Wildman–Crippen MR) is 74.8 cm³/mol. The lowest BCUT2D eigenvalue weighted by atomic mass is 9.99. The molecule has 0 saturated carbocycles. The van der Waals surface area contributed by atoms with E-state index in [1.165, 1.54) is 22.3 Å². The van der Waals surface area contributed by atoms with E-state index in [0.717, 1.165) is 17.9 Å². The third-order valence-corrected chi connectivity index (χ3v) is 3.35. The van der Waals surface area contributed by atoms with Crippen LogP contribution in [0.4, 0.5) is 0 Å². The normalized spacial score (nSPS) is 10.5. The molecule has 88 valence electrons. The summed E-state index contributed by atoms with van der Waals surface area (Å²) >= 11 is 5.87. The molecule has 1 heteroatoms. The number of hydrogen-bond acceptors (Lipinski definition) is 0. The summed E-state index contributed by atoms with van der Waals surface area (Å²) in [6.45, 7) is 4.32. The van der Waals surface area contributed by atoms with E-state index < -0.39 is 0 Å². The summed E-state index contributed by atoms with van der Waals surface area (Å²) in [4.78, 5) is 0. The zero-order valence-corrected chi connectivity index (χ0v) is 11.1. The Balaban J connectivity index is 2.07. The van der Waals surface area contributed by atoms with E-state index in [-0.39, 0.29) is 0 Å². The largest absolute Gasteiger partial charge is 0.0843 e. The van der Waals surface area contributed by atoms with Gasteiger partial charge in [0, 0.05) is 5.02 Å². The van der Waals surface area contributed by atoms with Crippen LogP contribution in [0.3, 0.4) is 0 Å². The first-order chi connectivity index (χ1) is 8.15. The summed E-state index contributed by atoms with van der Waals surface area (Å²) in [7, 11) is 0. The van der Waals surface area contributed by atoms with Crippen molar-refractivity contribution in [2.24, 2.45) is 0 Å². The Bertz CT molecular complexity index is 497. The van der Waals surface area contributed by atoms with Crippen molar-refractivity contribution in [1.82, 2.24) is 0 Å². The number of halogens is 1. The zero-order valence-electron chi connectivity index (χ0n) is 10.3. The lowest BCUT2D eigenvalue weighted by Crippen LogP contribution is -1.94. The molecule has 0 aliphatic rings. The Labute approximate surface area is 108 Å². The summed E-state index contributed by atoms with van der Waals surface area (Å²) in [5.41, 5.74) is 5.50. The van der Waals surface area contributed by atoms with Crippen LogP contribution in [-0.2, 0) is 12.8 Å². The number of hydrogen-bond donors (Lipinski definition) is 0. The predicted octanol–water partition coefficient (Wildman–Crippen LogP) is 4.74. The maximum Gasteiger partial charge on any atom is 0.0406 e. The highest BCUT2D eigenvalue weighted by atomic mass is 35.5. The van der Waals surface area contributed by atoms with Gasteiger partial charge in [-0.1, -0.05) is 47.5 Å². The van der Waals surface area contributed by atoms with E-state index in [1.54, 1.807) is 0 Å². The second-order valence-corrected chi connectivity index (χ2v) is 4.99. The van der Waals surface area contributed by atoms with Crippen molar-refractivity contribution >= 4 is 11.6 Å². The van der Waals surface area contributed by atoms with Crippen LogP contribution in [0.2, 0.25) is 5.02 Å². The SMILES string of the molecule is Cc1ccc(C)c(CCc2ccc(Cl)cc2)c1. The van der Waals surface area contributed by atoms with Gasteiger partial charge in [0.2, 0.25) is 0 Å². The highest BCUT2D eigenvalue weighted by Crippen LogP contribution is 2.15. The number of rotatable bonds is 3. The zero-order chi connectivity index (χ0) is 12.3. The van der Waals surface area contributed by atoms with Crippen LogP contribution in [0, 0.1) is 13.8 Å². The minimum Gasteiger partial charge on any atom is -0.0843 e. The molecule has 0 bridgehead atoms. The molecule has 0 radical (unpaired) electrons. The van der Waals surface area contributed by atoms with Crippen molar-refractivity contribution in [2.75, 3.05) is 0 Å². The van der Waals surface area contributed by atoms with Crippen LogP contribution in [-0.4, -0.2) is 0 Å². The fourth-order valence-corrected chi connectivity index (χ4v) is 2.13. The quantitative estimate of drug-likeness (QED) is 0.732.